The molecule has 0 unspecified atom stereocenters. The molecule has 0 saturated carbocycles. The number of carbonyl (C=O) groups is 1. The summed E-state index contributed by atoms with van der Waals surface area (Å²) >= 11 is 12.6. The molecule has 1 aliphatic heterocycles. The second-order valence-electron chi connectivity index (χ2n) is 18.6. The predicted molar refractivity (Wildman–Crippen MR) is 296 cm³/mol. The van der Waals surface area contributed by atoms with Crippen LogP contribution in [0.25, 0.3) is 21.8 Å². The molecule has 79 heavy (non-hydrogen) atoms. The molecule has 5 heterocycles. The second kappa shape index (κ2) is 29.5. The van der Waals surface area contributed by atoms with Crippen molar-refractivity contribution < 1.29 is 51.1 Å². The summed E-state index contributed by atoms with van der Waals surface area (Å²) < 4.78 is 79.4. The van der Waals surface area contributed by atoms with Crippen molar-refractivity contribution in [1.82, 2.24) is 43.4 Å². The lowest BCUT2D eigenvalue weighted by Gasteiger charge is -2.21. The molecule has 1 fully saturated rings. The maximum absolute atomic E-state index is 13.4. The Balaban J connectivity index is 0.567. The first-order valence-electron chi connectivity index (χ1n) is 26.4. The van der Waals surface area contributed by atoms with Gasteiger partial charge in [0, 0.05) is 62.6 Å². The van der Waals surface area contributed by atoms with Crippen LogP contribution in [-0.2, 0) is 80.8 Å². The number of ether oxygens (including phenoxy) is 8. The highest BCUT2D eigenvalue weighted by molar-refractivity contribution is 7.90. The summed E-state index contributed by atoms with van der Waals surface area (Å²) in [7, 11) is -3.80. The molecule has 0 radical (unpaired) electrons. The first kappa shape index (κ1) is 57.8. The summed E-state index contributed by atoms with van der Waals surface area (Å²) in [4.78, 5) is 15.8. The maximum atomic E-state index is 13.4. The zero-order chi connectivity index (χ0) is 54.7. The van der Waals surface area contributed by atoms with E-state index in [1.165, 1.54) is 3.97 Å². The van der Waals surface area contributed by atoms with Gasteiger partial charge in [-0.15, -0.1) is 10.2 Å². The Morgan fingerprint density at radius 2 is 1.06 bits per heavy atom. The number of carbonyl (C=O) groups excluding carboxylic acids is 1. The Morgan fingerprint density at radius 3 is 1.67 bits per heavy atom. The van der Waals surface area contributed by atoms with Gasteiger partial charge in [0.25, 0.3) is 15.9 Å². The Morgan fingerprint density at radius 1 is 0.557 bits per heavy atom. The van der Waals surface area contributed by atoms with Crippen molar-refractivity contribution in [3.63, 3.8) is 0 Å². The number of benzene rings is 4. The fourth-order valence-electron chi connectivity index (χ4n) is 9.19. The monoisotopic (exact) mass is 1140 g/mol. The van der Waals surface area contributed by atoms with Crippen molar-refractivity contribution in [2.75, 3.05) is 99.0 Å². The van der Waals surface area contributed by atoms with Crippen molar-refractivity contribution in [2.45, 2.75) is 56.6 Å². The summed E-state index contributed by atoms with van der Waals surface area (Å²) in [6.07, 6.45) is 9.42. The zero-order valence-corrected chi connectivity index (χ0v) is 46.2. The largest absolute Gasteiger partial charge is 0.377 e. The highest BCUT2D eigenvalue weighted by atomic mass is 35.5. The highest BCUT2D eigenvalue weighted by Gasteiger charge is 2.29. The Bertz CT molecular complexity index is 3280. The van der Waals surface area contributed by atoms with E-state index in [0.29, 0.717) is 151 Å². The van der Waals surface area contributed by atoms with Gasteiger partial charge in [-0.1, -0.05) is 70.0 Å². The molecule has 420 valence electrons. The molecule has 1 saturated heterocycles. The number of aromatic nitrogens is 8. The van der Waals surface area contributed by atoms with E-state index < -0.39 is 10.0 Å². The van der Waals surface area contributed by atoms with E-state index in [1.807, 2.05) is 53.6 Å². The topological polar surface area (TPSA) is 200 Å². The van der Waals surface area contributed by atoms with E-state index in [0.717, 1.165) is 47.2 Å². The van der Waals surface area contributed by atoms with Crippen molar-refractivity contribution in [3.8, 4) is 0 Å². The smallest absolute Gasteiger partial charge is 0.268 e. The number of rotatable bonds is 34. The summed E-state index contributed by atoms with van der Waals surface area (Å²) in [6, 6.07) is 28.2. The van der Waals surface area contributed by atoms with E-state index >= 15 is 0 Å². The van der Waals surface area contributed by atoms with E-state index in [2.05, 4.69) is 25.5 Å². The van der Waals surface area contributed by atoms with Gasteiger partial charge in [0.15, 0.2) is 0 Å². The molecule has 20 nitrogen and oxygen atoms in total. The summed E-state index contributed by atoms with van der Waals surface area (Å²) in [5.74, 6) is -0.115. The average Bonchev–Trinajstić information content (AvgIpc) is 4.49. The number of nitrogens with zero attached hydrogens (tertiary/aromatic N) is 9. The van der Waals surface area contributed by atoms with Gasteiger partial charge in [0.05, 0.1) is 158 Å². The lowest BCUT2D eigenvalue weighted by atomic mass is 10.1. The van der Waals surface area contributed by atoms with Crippen LogP contribution in [0.2, 0.25) is 10.0 Å². The molecular weight excluding hydrogens is 1080 g/mol. The molecule has 0 bridgehead atoms. The first-order chi connectivity index (χ1) is 38.7. The fourth-order valence-corrected chi connectivity index (χ4v) is 10.9. The van der Waals surface area contributed by atoms with Crippen LogP contribution < -0.4 is 0 Å². The average molecular weight is 1140 g/mol. The van der Waals surface area contributed by atoms with Crippen LogP contribution in [0.5, 0.6) is 0 Å². The Hall–Kier alpha value is -5.92. The molecule has 0 aliphatic carbocycles. The molecule has 4 aromatic heterocycles. The van der Waals surface area contributed by atoms with Crippen LogP contribution in [0.15, 0.2) is 127 Å². The normalized spacial score (nSPS) is 14.1. The molecule has 0 spiro atoms. The van der Waals surface area contributed by atoms with Crippen molar-refractivity contribution in [1.29, 1.82) is 0 Å². The lowest BCUT2D eigenvalue weighted by molar-refractivity contribution is -0.00487. The summed E-state index contributed by atoms with van der Waals surface area (Å²) in [5, 5.41) is 20.3. The standard InChI is InChI=1S/C56H65Cl2N9O11S/c57-46-13-15-53-50(34-46)44(36-66(53)56(68)43-8-3-1-4-9-43)41-77-32-30-75-28-26-74-25-23-72-21-19-65-40-52(60-62-65)55-12-7-17-63(55)38-48-39-64(61-59-48)18-20-71-22-24-73-27-29-76-31-33-78-42-45-37-67(54-16-14-47(58)35-51(45)54)79(69,70)49-10-5-2-6-11-49/h1-6,8-11,13-16,34-37,39-40,55H,7,12,17-33,38,41-42H2/t55-/m0/s1. The van der Waals surface area contributed by atoms with Crippen LogP contribution in [0.4, 0.5) is 0 Å². The van der Waals surface area contributed by atoms with Gasteiger partial charge >= 0.3 is 0 Å². The molecule has 9 rings (SSSR count). The van der Waals surface area contributed by atoms with Crippen LogP contribution >= 0.6 is 23.2 Å². The highest BCUT2D eigenvalue weighted by Crippen LogP contribution is 2.32. The lowest BCUT2D eigenvalue weighted by Crippen LogP contribution is -2.23. The summed E-state index contributed by atoms with van der Waals surface area (Å²) in [5.41, 5.74) is 5.31. The number of fused-ring (bicyclic) bond motifs is 2. The quantitative estimate of drug-likeness (QED) is 0.0353. The number of halogens is 2. The zero-order valence-electron chi connectivity index (χ0n) is 43.9. The van der Waals surface area contributed by atoms with E-state index in [-0.39, 0.29) is 23.5 Å². The third-order valence-corrected chi connectivity index (χ3v) is 15.3. The Kier molecular flexibility index (Phi) is 21.6. The number of hydrogen-bond acceptors (Lipinski definition) is 16. The second-order valence-corrected chi connectivity index (χ2v) is 21.3. The minimum absolute atomic E-state index is 0.115. The maximum Gasteiger partial charge on any atom is 0.268 e. The van der Waals surface area contributed by atoms with Gasteiger partial charge in [-0.2, -0.15) is 0 Å². The van der Waals surface area contributed by atoms with Gasteiger partial charge in [-0.3, -0.25) is 14.3 Å². The van der Waals surface area contributed by atoms with Gasteiger partial charge in [0.1, 0.15) is 0 Å². The van der Waals surface area contributed by atoms with E-state index in [9.17, 15) is 13.2 Å². The van der Waals surface area contributed by atoms with Crippen molar-refractivity contribution in [2.24, 2.45) is 0 Å². The third-order valence-electron chi connectivity index (χ3n) is 13.1. The number of hydrogen-bond donors (Lipinski definition) is 0. The molecule has 1 atom stereocenters. The van der Waals surface area contributed by atoms with E-state index in [1.54, 1.807) is 82.2 Å². The van der Waals surface area contributed by atoms with Crippen LogP contribution in [0, 0.1) is 0 Å². The molecular formula is C56H65Cl2N9O11S. The fraction of sp³-hybridized carbons (Fsp3) is 0.411. The minimum Gasteiger partial charge on any atom is -0.377 e. The molecule has 4 aromatic carbocycles. The number of likely N-dealkylation sites (tertiary alicyclic amines) is 1. The van der Waals surface area contributed by atoms with Crippen molar-refractivity contribution >= 4 is 60.9 Å². The Labute approximate surface area is 468 Å². The predicted octanol–water partition coefficient (Wildman–Crippen LogP) is 7.88. The van der Waals surface area contributed by atoms with Gasteiger partial charge in [-0.05, 0) is 80.1 Å². The molecule has 0 N–H and O–H groups in total. The van der Waals surface area contributed by atoms with Gasteiger partial charge in [0.2, 0.25) is 0 Å². The summed E-state index contributed by atoms with van der Waals surface area (Å²) in [6.45, 7) is 9.11. The van der Waals surface area contributed by atoms with Gasteiger partial charge < -0.3 is 37.9 Å². The first-order valence-corrected chi connectivity index (χ1v) is 28.6. The van der Waals surface area contributed by atoms with Crippen LogP contribution in [-0.4, -0.2) is 157 Å². The molecule has 0 amide bonds. The SMILES string of the molecule is O=C(c1ccccc1)n1cc(COCCOCCOCCOCCn2cc([C@@H]3CCCN3Cc3cn(CCOCCOCCOCCOCc4cn(S(=O)(=O)c5ccccc5)c5ccc(Cl)cc45)nn3)nn2)c2cc(Cl)ccc21. The minimum atomic E-state index is -3.80. The van der Waals surface area contributed by atoms with Crippen molar-refractivity contribution in [3.05, 3.63) is 160 Å². The van der Waals surface area contributed by atoms with Crippen LogP contribution in [0.3, 0.4) is 0 Å². The van der Waals surface area contributed by atoms with Gasteiger partial charge in [-0.25, -0.2) is 21.8 Å². The van der Waals surface area contributed by atoms with Crippen LogP contribution in [0.1, 0.15) is 51.8 Å². The molecule has 8 aromatic rings. The third kappa shape index (κ3) is 16.1. The van der Waals surface area contributed by atoms with E-state index in [4.69, 9.17) is 61.1 Å². The molecule has 23 heteroatoms. The molecule has 1 aliphatic rings.